The number of sulfonamides is 1. The summed E-state index contributed by atoms with van der Waals surface area (Å²) in [5, 5.41) is 2.65. The molecule has 5 nitrogen and oxygen atoms in total. The number of carbonyl (C=O) groups excluding carboxylic acids is 1. The summed E-state index contributed by atoms with van der Waals surface area (Å²) in [5.74, 6) is -0.407. The van der Waals surface area contributed by atoms with Gasteiger partial charge in [-0.25, -0.2) is 8.42 Å². The van der Waals surface area contributed by atoms with Gasteiger partial charge >= 0.3 is 0 Å². The third kappa shape index (κ3) is 3.61. The number of amides is 1. The number of halogens is 1. The van der Waals surface area contributed by atoms with Crippen LogP contribution in [-0.2, 0) is 14.8 Å². The summed E-state index contributed by atoms with van der Waals surface area (Å²) in [7, 11) is -2.12. The van der Waals surface area contributed by atoms with Crippen molar-refractivity contribution in [3.63, 3.8) is 0 Å². The maximum absolute atomic E-state index is 11.6. The molecule has 0 saturated heterocycles. The van der Waals surface area contributed by atoms with E-state index in [2.05, 4.69) is 5.32 Å². The van der Waals surface area contributed by atoms with Crippen LogP contribution in [0.1, 0.15) is 0 Å². The van der Waals surface area contributed by atoms with Crippen LogP contribution in [-0.4, -0.2) is 34.2 Å². The monoisotopic (exact) mass is 276 g/mol. The molecule has 1 amide bonds. The maximum atomic E-state index is 11.6. The molecule has 0 atom stereocenters. The molecular weight excluding hydrogens is 264 g/mol. The van der Waals surface area contributed by atoms with Gasteiger partial charge in [0.1, 0.15) is 6.54 Å². The Bertz CT molecular complexity index is 516. The second-order valence-electron chi connectivity index (χ2n) is 3.39. The van der Waals surface area contributed by atoms with E-state index in [0.717, 1.165) is 10.6 Å². The molecule has 0 spiro atoms. The third-order valence-electron chi connectivity index (χ3n) is 2.09. The number of para-hydroxylation sites is 1. The minimum Gasteiger partial charge on any atom is -0.358 e. The van der Waals surface area contributed by atoms with Crippen molar-refractivity contribution in [3.05, 3.63) is 29.3 Å². The highest BCUT2D eigenvalue weighted by atomic mass is 35.5. The molecule has 7 heteroatoms. The fourth-order valence-corrected chi connectivity index (χ4v) is 2.40. The predicted octanol–water partition coefficient (Wildman–Crippen LogP) is 0.852. The zero-order valence-corrected chi connectivity index (χ0v) is 11.0. The molecule has 0 aromatic heterocycles. The van der Waals surface area contributed by atoms with Gasteiger partial charge in [0.05, 0.1) is 17.0 Å². The van der Waals surface area contributed by atoms with Crippen molar-refractivity contribution < 1.29 is 13.2 Å². The van der Waals surface area contributed by atoms with Crippen LogP contribution in [0.3, 0.4) is 0 Å². The van der Waals surface area contributed by atoms with E-state index in [1.807, 2.05) is 0 Å². The van der Waals surface area contributed by atoms with Gasteiger partial charge in [0, 0.05) is 7.05 Å². The van der Waals surface area contributed by atoms with Gasteiger partial charge in [-0.1, -0.05) is 23.7 Å². The molecular formula is C10H13ClN2O3S. The highest BCUT2D eigenvalue weighted by Gasteiger charge is 2.21. The molecule has 0 fully saturated rings. The standard InChI is InChI=1S/C10H13ClN2O3S/c1-12-10(14)7-13(17(2,15)16)9-6-4-3-5-8(9)11/h3-6H,7H2,1-2H3,(H,12,14). The minimum absolute atomic E-state index is 0.279. The first-order chi connectivity index (χ1) is 7.86. The van der Waals surface area contributed by atoms with E-state index in [1.165, 1.54) is 7.05 Å². The average Bonchev–Trinajstić information content (AvgIpc) is 2.25. The number of anilines is 1. The first-order valence-electron chi connectivity index (χ1n) is 4.79. The molecule has 0 aliphatic rings. The second-order valence-corrected chi connectivity index (χ2v) is 5.71. The van der Waals surface area contributed by atoms with Crippen molar-refractivity contribution in [1.29, 1.82) is 0 Å². The van der Waals surface area contributed by atoms with Gasteiger partial charge in [-0.05, 0) is 12.1 Å². The smallest absolute Gasteiger partial charge is 0.240 e. The van der Waals surface area contributed by atoms with E-state index < -0.39 is 15.9 Å². The molecule has 1 aromatic rings. The van der Waals surface area contributed by atoms with E-state index in [1.54, 1.807) is 24.3 Å². The van der Waals surface area contributed by atoms with Gasteiger partial charge in [-0.15, -0.1) is 0 Å². The van der Waals surface area contributed by atoms with Crippen LogP contribution in [0.2, 0.25) is 5.02 Å². The largest absolute Gasteiger partial charge is 0.358 e. The molecule has 0 radical (unpaired) electrons. The lowest BCUT2D eigenvalue weighted by atomic mass is 10.3. The molecule has 1 aromatic carbocycles. The van der Waals surface area contributed by atoms with E-state index in [0.29, 0.717) is 5.69 Å². The van der Waals surface area contributed by atoms with Crippen LogP contribution in [0, 0.1) is 0 Å². The van der Waals surface area contributed by atoms with Crippen molar-refractivity contribution in [1.82, 2.24) is 5.32 Å². The Morgan fingerprint density at radius 1 is 1.41 bits per heavy atom. The van der Waals surface area contributed by atoms with Gasteiger partial charge in [0.2, 0.25) is 15.9 Å². The Hall–Kier alpha value is -1.27. The lowest BCUT2D eigenvalue weighted by Crippen LogP contribution is -2.39. The molecule has 0 bridgehead atoms. The summed E-state index contributed by atoms with van der Waals surface area (Å²) in [4.78, 5) is 11.3. The maximum Gasteiger partial charge on any atom is 0.240 e. The van der Waals surface area contributed by atoms with Crippen LogP contribution in [0.4, 0.5) is 5.69 Å². The summed E-state index contributed by atoms with van der Waals surface area (Å²) >= 11 is 5.91. The van der Waals surface area contributed by atoms with Crippen LogP contribution < -0.4 is 9.62 Å². The second kappa shape index (κ2) is 5.37. The lowest BCUT2D eigenvalue weighted by molar-refractivity contribution is -0.119. The van der Waals surface area contributed by atoms with Crippen molar-refractivity contribution in [2.75, 3.05) is 24.2 Å². The summed E-state index contributed by atoms with van der Waals surface area (Å²) < 4.78 is 24.2. The normalized spacial score (nSPS) is 11.0. The highest BCUT2D eigenvalue weighted by molar-refractivity contribution is 7.92. The SMILES string of the molecule is CNC(=O)CN(c1ccccc1Cl)S(C)(=O)=O. The Balaban J connectivity index is 3.17. The lowest BCUT2D eigenvalue weighted by Gasteiger charge is -2.22. The Morgan fingerprint density at radius 3 is 2.47 bits per heavy atom. The van der Waals surface area contributed by atoms with Crippen molar-refractivity contribution in [3.8, 4) is 0 Å². The number of likely N-dealkylation sites (N-methyl/N-ethyl adjacent to an activating group) is 1. The van der Waals surface area contributed by atoms with Gasteiger partial charge in [0.25, 0.3) is 0 Å². The van der Waals surface area contributed by atoms with Gasteiger partial charge in [-0.3, -0.25) is 9.10 Å². The van der Waals surface area contributed by atoms with E-state index in [4.69, 9.17) is 11.6 Å². The van der Waals surface area contributed by atoms with Gasteiger partial charge in [-0.2, -0.15) is 0 Å². The number of carbonyl (C=O) groups is 1. The van der Waals surface area contributed by atoms with Crippen LogP contribution in [0.15, 0.2) is 24.3 Å². The topological polar surface area (TPSA) is 66.5 Å². The van der Waals surface area contributed by atoms with E-state index >= 15 is 0 Å². The van der Waals surface area contributed by atoms with Crippen molar-refractivity contribution in [2.24, 2.45) is 0 Å². The van der Waals surface area contributed by atoms with Crippen molar-refractivity contribution >= 4 is 33.2 Å². The molecule has 0 heterocycles. The summed E-state index contributed by atoms with van der Waals surface area (Å²) in [6.45, 7) is -0.293. The number of nitrogens with zero attached hydrogens (tertiary/aromatic N) is 1. The predicted molar refractivity (Wildman–Crippen MR) is 67.7 cm³/mol. The fourth-order valence-electron chi connectivity index (χ4n) is 1.24. The molecule has 1 rings (SSSR count). The first kappa shape index (κ1) is 13.8. The number of hydrogen-bond donors (Lipinski definition) is 1. The fraction of sp³-hybridized carbons (Fsp3) is 0.300. The van der Waals surface area contributed by atoms with E-state index in [9.17, 15) is 13.2 Å². The zero-order valence-electron chi connectivity index (χ0n) is 9.47. The number of benzene rings is 1. The molecule has 0 saturated carbocycles. The van der Waals surface area contributed by atoms with Gasteiger partial charge in [0.15, 0.2) is 0 Å². The average molecular weight is 277 g/mol. The summed E-state index contributed by atoms with van der Waals surface area (Å²) in [5.41, 5.74) is 0.292. The van der Waals surface area contributed by atoms with Crippen LogP contribution >= 0.6 is 11.6 Å². The molecule has 0 aliphatic carbocycles. The first-order valence-corrected chi connectivity index (χ1v) is 7.01. The molecule has 0 aliphatic heterocycles. The molecule has 1 N–H and O–H groups in total. The number of hydrogen-bond acceptors (Lipinski definition) is 3. The number of nitrogens with one attached hydrogen (secondary N) is 1. The zero-order chi connectivity index (χ0) is 13.1. The van der Waals surface area contributed by atoms with E-state index in [-0.39, 0.29) is 11.6 Å². The molecule has 0 unspecified atom stereocenters. The molecule has 94 valence electrons. The Morgan fingerprint density at radius 2 is 2.00 bits per heavy atom. The number of rotatable bonds is 4. The summed E-state index contributed by atoms with van der Waals surface area (Å²) in [6, 6.07) is 6.46. The molecule has 17 heavy (non-hydrogen) atoms. The van der Waals surface area contributed by atoms with Crippen molar-refractivity contribution in [2.45, 2.75) is 0 Å². The summed E-state index contributed by atoms with van der Waals surface area (Å²) in [6.07, 6.45) is 1.03. The quantitative estimate of drug-likeness (QED) is 0.887. The Kier molecular flexibility index (Phi) is 4.36. The van der Waals surface area contributed by atoms with Crippen LogP contribution in [0.25, 0.3) is 0 Å². The van der Waals surface area contributed by atoms with Crippen LogP contribution in [0.5, 0.6) is 0 Å². The van der Waals surface area contributed by atoms with Gasteiger partial charge < -0.3 is 5.32 Å². The minimum atomic E-state index is -3.56. The highest BCUT2D eigenvalue weighted by Crippen LogP contribution is 2.26. The third-order valence-corrected chi connectivity index (χ3v) is 3.53. The Labute approximate surface area is 105 Å².